The Morgan fingerprint density at radius 3 is 2.34 bits per heavy atom. The van der Waals surface area contributed by atoms with Crippen molar-refractivity contribution in [3.63, 3.8) is 0 Å². The molecule has 1 saturated heterocycles. The highest BCUT2D eigenvalue weighted by Crippen LogP contribution is 2.30. The van der Waals surface area contributed by atoms with E-state index in [1.807, 2.05) is 105 Å². The summed E-state index contributed by atoms with van der Waals surface area (Å²) in [6.45, 7) is 6.25. The normalized spacial score (nSPS) is 14.0. The molecule has 0 aliphatic carbocycles. The second-order valence-corrected chi connectivity index (χ2v) is 16.4. The summed E-state index contributed by atoms with van der Waals surface area (Å²) in [5, 5.41) is 28.0. The number of nitrogens with one attached hydrogen (secondary N) is 3. The molecule has 2 amide bonds. The standard InChI is InChI=1S/C51H55N5O7.CH4/c1-33-13-18-38(46(58)30-36-16-14-35(15-17-36)29-34(2)52-32-47(59)41-19-21-45(57)50-42(41)20-22-48(60)54-50)31-44(33)55(3)49(61)25-28-56-26-23-39(24-27-56)63-51(62)53-43-12-8-7-11-40(43)37-9-5-4-6-10-37;/h4-22,31,34,39,47,52,57,59H,23-30,32H2,1-3H3,(H,53,62)(H,54,60);1H4/t34?,47-;/m0./s1. The Hall–Kier alpha value is -6.60. The summed E-state index contributed by atoms with van der Waals surface area (Å²) in [6.07, 6.45) is 1.05. The van der Waals surface area contributed by atoms with E-state index in [0.29, 0.717) is 78.7 Å². The summed E-state index contributed by atoms with van der Waals surface area (Å²) in [5.41, 5.74) is 7.30. The van der Waals surface area contributed by atoms with Crippen molar-refractivity contribution in [3.8, 4) is 16.9 Å². The highest BCUT2D eigenvalue weighted by atomic mass is 16.6. The minimum absolute atomic E-state index is 0. The number of ketones is 1. The number of rotatable bonds is 16. The molecule has 7 rings (SSSR count). The van der Waals surface area contributed by atoms with E-state index in [1.54, 1.807) is 30.1 Å². The summed E-state index contributed by atoms with van der Waals surface area (Å²) in [4.78, 5) is 58.1. The van der Waals surface area contributed by atoms with Gasteiger partial charge in [0.1, 0.15) is 11.9 Å². The van der Waals surface area contributed by atoms with E-state index in [2.05, 4.69) is 20.5 Å². The summed E-state index contributed by atoms with van der Waals surface area (Å²) in [7, 11) is 1.75. The first-order valence-electron chi connectivity index (χ1n) is 21.5. The van der Waals surface area contributed by atoms with E-state index in [0.717, 1.165) is 27.8 Å². The average Bonchev–Trinajstić information content (AvgIpc) is 3.29. The molecule has 0 spiro atoms. The van der Waals surface area contributed by atoms with Crippen molar-refractivity contribution in [3.05, 3.63) is 159 Å². The second-order valence-electron chi connectivity index (χ2n) is 16.4. The highest BCUT2D eigenvalue weighted by Gasteiger charge is 2.24. The van der Waals surface area contributed by atoms with Crippen molar-refractivity contribution in [2.24, 2.45) is 0 Å². The minimum atomic E-state index is -0.858. The number of aromatic amines is 1. The molecule has 1 aliphatic rings. The van der Waals surface area contributed by atoms with Gasteiger partial charge in [-0.2, -0.15) is 0 Å². The lowest BCUT2D eigenvalue weighted by Gasteiger charge is -2.32. The predicted molar refractivity (Wildman–Crippen MR) is 254 cm³/mol. The Kier molecular flexibility index (Phi) is 15.9. The molecule has 64 heavy (non-hydrogen) atoms. The first-order valence-corrected chi connectivity index (χ1v) is 21.5. The number of carbonyl (C=O) groups is 3. The van der Waals surface area contributed by atoms with Crippen LogP contribution in [0, 0.1) is 6.92 Å². The first kappa shape index (κ1) is 46.9. The fraction of sp³-hybridized carbons (Fsp3) is 0.308. The molecular formula is C52H59N5O7. The molecule has 0 radical (unpaired) electrons. The van der Waals surface area contributed by atoms with Gasteiger partial charge in [-0.1, -0.05) is 98.4 Å². The Balaban J connectivity index is 0.00000680. The van der Waals surface area contributed by atoms with Gasteiger partial charge in [0.15, 0.2) is 5.78 Å². The van der Waals surface area contributed by atoms with Crippen molar-refractivity contribution in [2.45, 2.75) is 71.6 Å². The lowest BCUT2D eigenvalue weighted by molar-refractivity contribution is -0.118. The fourth-order valence-electron chi connectivity index (χ4n) is 8.18. The first-order chi connectivity index (χ1) is 30.4. The molecule has 2 atom stereocenters. The number of Topliss-reactive ketones (excluding diaryl/α,β-unsaturated/α-hetero) is 1. The van der Waals surface area contributed by atoms with Crippen LogP contribution in [0.2, 0.25) is 0 Å². The van der Waals surface area contributed by atoms with Crippen molar-refractivity contribution >= 4 is 40.1 Å². The van der Waals surface area contributed by atoms with Crippen LogP contribution in [0.4, 0.5) is 16.2 Å². The number of H-pyrrole nitrogens is 1. The number of nitrogens with zero attached hydrogens (tertiary/aromatic N) is 2. The third-order valence-corrected chi connectivity index (χ3v) is 11.8. The van der Waals surface area contributed by atoms with Crippen molar-refractivity contribution in [1.29, 1.82) is 0 Å². The Bertz CT molecular complexity index is 2600. The number of para-hydroxylation sites is 1. The number of hydrogen-bond donors (Lipinski definition) is 5. The molecule has 12 heteroatoms. The number of hydrogen-bond acceptors (Lipinski definition) is 9. The summed E-state index contributed by atoms with van der Waals surface area (Å²) < 4.78 is 5.80. The number of piperidine rings is 1. The highest BCUT2D eigenvalue weighted by molar-refractivity contribution is 6.00. The number of aryl methyl sites for hydroxylation is 1. The number of phenols is 1. The Labute approximate surface area is 374 Å². The lowest BCUT2D eigenvalue weighted by Crippen LogP contribution is -2.40. The summed E-state index contributed by atoms with van der Waals surface area (Å²) in [6, 6.07) is 37.1. The lowest BCUT2D eigenvalue weighted by atomic mass is 9.98. The number of aromatic hydroxyl groups is 1. The Morgan fingerprint density at radius 2 is 1.59 bits per heavy atom. The number of phenolic OH excluding ortho intramolecular Hbond substituents is 1. The number of carbonyl (C=O) groups excluding carboxylic acids is 3. The molecule has 12 nitrogen and oxygen atoms in total. The fourth-order valence-corrected chi connectivity index (χ4v) is 8.18. The van der Waals surface area contributed by atoms with Crippen molar-refractivity contribution < 1.29 is 29.3 Å². The molecule has 5 N–H and O–H groups in total. The van der Waals surface area contributed by atoms with Gasteiger partial charge in [-0.3, -0.25) is 19.7 Å². The van der Waals surface area contributed by atoms with Gasteiger partial charge in [-0.05, 0) is 85.2 Å². The third-order valence-electron chi connectivity index (χ3n) is 11.8. The zero-order chi connectivity index (χ0) is 44.5. The quantitative estimate of drug-likeness (QED) is 0.0600. The van der Waals surface area contributed by atoms with E-state index in [1.165, 1.54) is 12.1 Å². The zero-order valence-electron chi connectivity index (χ0n) is 36.0. The van der Waals surface area contributed by atoms with Crippen LogP contribution in [0.5, 0.6) is 5.75 Å². The summed E-state index contributed by atoms with van der Waals surface area (Å²) >= 11 is 0. The number of benzene rings is 5. The number of likely N-dealkylation sites (tertiary alicyclic amines) is 1. The van der Waals surface area contributed by atoms with Crippen LogP contribution in [0.25, 0.3) is 22.0 Å². The molecule has 1 aromatic heterocycles. The number of ether oxygens (including phenoxy) is 1. The monoisotopic (exact) mass is 865 g/mol. The zero-order valence-corrected chi connectivity index (χ0v) is 36.0. The maximum absolute atomic E-state index is 13.5. The largest absolute Gasteiger partial charge is 0.506 e. The SMILES string of the molecule is C.Cc1ccc(C(=O)Cc2ccc(CC(C)NC[C@H](O)c3ccc(O)c4[nH]c(=O)ccc34)cc2)cc1N(C)C(=O)CCN1CCC(OC(=O)Nc2ccccc2-c2ccccc2)CC1. The number of aromatic nitrogens is 1. The van der Waals surface area contributed by atoms with Gasteiger partial charge in [-0.25, -0.2) is 4.79 Å². The van der Waals surface area contributed by atoms with E-state index >= 15 is 0 Å². The number of aliphatic hydroxyl groups excluding tert-OH is 1. The molecule has 1 fully saturated rings. The van der Waals surface area contributed by atoms with Crippen molar-refractivity contribution in [2.75, 3.05) is 43.4 Å². The van der Waals surface area contributed by atoms with Crippen LogP contribution in [0.1, 0.15) is 72.3 Å². The van der Waals surface area contributed by atoms with E-state index in [-0.39, 0.29) is 55.5 Å². The van der Waals surface area contributed by atoms with Crippen LogP contribution < -0.4 is 21.1 Å². The molecule has 0 bridgehead atoms. The second kappa shape index (κ2) is 21.7. The molecule has 5 aromatic carbocycles. The number of aliphatic hydroxyl groups is 1. The van der Waals surface area contributed by atoms with Gasteiger partial charge < -0.3 is 35.1 Å². The van der Waals surface area contributed by atoms with Crippen LogP contribution in [-0.2, 0) is 22.4 Å². The number of pyridine rings is 1. The number of amides is 2. The van der Waals surface area contributed by atoms with Gasteiger partial charge in [0.2, 0.25) is 11.5 Å². The van der Waals surface area contributed by atoms with Crippen LogP contribution in [0.15, 0.2) is 126 Å². The maximum atomic E-state index is 13.5. The molecule has 1 unspecified atom stereocenters. The number of anilines is 2. The van der Waals surface area contributed by atoms with E-state index < -0.39 is 12.2 Å². The maximum Gasteiger partial charge on any atom is 0.411 e. The minimum Gasteiger partial charge on any atom is -0.506 e. The van der Waals surface area contributed by atoms with Crippen LogP contribution in [0.3, 0.4) is 0 Å². The van der Waals surface area contributed by atoms with Gasteiger partial charge >= 0.3 is 6.09 Å². The van der Waals surface area contributed by atoms with Gasteiger partial charge in [0, 0.05) is 80.4 Å². The van der Waals surface area contributed by atoms with Crippen LogP contribution >= 0.6 is 0 Å². The summed E-state index contributed by atoms with van der Waals surface area (Å²) in [5.74, 6) is -0.139. The molecule has 6 aromatic rings. The smallest absolute Gasteiger partial charge is 0.411 e. The predicted octanol–water partition coefficient (Wildman–Crippen LogP) is 8.59. The number of fused-ring (bicyclic) bond motifs is 1. The third kappa shape index (κ3) is 11.9. The molecule has 2 heterocycles. The topological polar surface area (TPSA) is 164 Å². The molecular weight excluding hydrogens is 807 g/mol. The molecule has 1 aliphatic heterocycles. The van der Waals surface area contributed by atoms with Crippen LogP contribution in [-0.4, -0.2) is 83.3 Å². The molecule has 0 saturated carbocycles. The van der Waals surface area contributed by atoms with Gasteiger partial charge in [-0.15, -0.1) is 0 Å². The molecule has 334 valence electrons. The van der Waals surface area contributed by atoms with Gasteiger partial charge in [0.05, 0.1) is 17.3 Å². The van der Waals surface area contributed by atoms with E-state index in [9.17, 15) is 29.4 Å². The average molecular weight is 866 g/mol. The van der Waals surface area contributed by atoms with Crippen molar-refractivity contribution in [1.82, 2.24) is 15.2 Å². The Morgan fingerprint density at radius 1 is 0.891 bits per heavy atom. The van der Waals surface area contributed by atoms with Gasteiger partial charge in [0.25, 0.3) is 0 Å². The van der Waals surface area contributed by atoms with E-state index in [4.69, 9.17) is 4.74 Å².